The number of anilines is 1. The standard InChI is InChI=1S/C26H19NO3/c28-26(27-20-15-14-18-8-4-5-9-19(18)16-20)25-23(17-29-21-10-2-1-3-11-21)22-12-6-7-13-24(22)30-25/h1-16H,17H2,(H,27,28). The number of fused-ring (bicyclic) bond motifs is 2. The molecule has 0 aliphatic heterocycles. The van der Waals surface area contributed by atoms with Gasteiger partial charge >= 0.3 is 0 Å². The molecular formula is C26H19NO3. The van der Waals surface area contributed by atoms with Gasteiger partial charge in [0.2, 0.25) is 0 Å². The summed E-state index contributed by atoms with van der Waals surface area (Å²) in [7, 11) is 0. The number of carbonyl (C=O) groups excluding carboxylic acids is 1. The molecule has 0 spiro atoms. The summed E-state index contributed by atoms with van der Waals surface area (Å²) in [6, 6.07) is 31.0. The highest BCUT2D eigenvalue weighted by Crippen LogP contribution is 2.28. The molecule has 30 heavy (non-hydrogen) atoms. The maximum absolute atomic E-state index is 13.1. The van der Waals surface area contributed by atoms with E-state index in [9.17, 15) is 4.79 Å². The van der Waals surface area contributed by atoms with Gasteiger partial charge in [-0.3, -0.25) is 4.79 Å². The van der Waals surface area contributed by atoms with E-state index in [0.717, 1.165) is 27.5 Å². The molecule has 0 atom stereocenters. The molecule has 4 aromatic carbocycles. The predicted octanol–water partition coefficient (Wildman–Crippen LogP) is 6.42. The zero-order valence-electron chi connectivity index (χ0n) is 16.2. The lowest BCUT2D eigenvalue weighted by atomic mass is 10.1. The molecule has 0 radical (unpaired) electrons. The predicted molar refractivity (Wildman–Crippen MR) is 119 cm³/mol. The van der Waals surface area contributed by atoms with E-state index >= 15 is 0 Å². The number of furan rings is 1. The van der Waals surface area contributed by atoms with Crippen molar-refractivity contribution in [3.63, 3.8) is 0 Å². The van der Waals surface area contributed by atoms with E-state index in [0.29, 0.717) is 11.3 Å². The second-order valence-corrected chi connectivity index (χ2v) is 7.02. The van der Waals surface area contributed by atoms with Gasteiger partial charge in [0.15, 0.2) is 5.76 Å². The van der Waals surface area contributed by atoms with Gasteiger partial charge in [0, 0.05) is 16.6 Å². The Morgan fingerprint density at radius 1 is 0.800 bits per heavy atom. The van der Waals surface area contributed by atoms with Gasteiger partial charge in [-0.2, -0.15) is 0 Å². The highest BCUT2D eigenvalue weighted by molar-refractivity contribution is 6.07. The monoisotopic (exact) mass is 393 g/mol. The first-order valence-electron chi connectivity index (χ1n) is 9.76. The summed E-state index contributed by atoms with van der Waals surface area (Å²) < 4.78 is 11.8. The van der Waals surface area contributed by atoms with Crippen LogP contribution in [0.2, 0.25) is 0 Å². The number of ether oxygens (including phenoxy) is 1. The summed E-state index contributed by atoms with van der Waals surface area (Å²) in [5.74, 6) is 0.706. The van der Waals surface area contributed by atoms with Crippen LogP contribution in [0.3, 0.4) is 0 Å². The van der Waals surface area contributed by atoms with Crippen LogP contribution in [0, 0.1) is 0 Å². The average Bonchev–Trinajstić information content (AvgIpc) is 3.17. The van der Waals surface area contributed by atoms with Gasteiger partial charge in [0.1, 0.15) is 17.9 Å². The van der Waals surface area contributed by atoms with Crippen molar-refractivity contribution in [2.75, 3.05) is 5.32 Å². The minimum atomic E-state index is -0.298. The fourth-order valence-corrected chi connectivity index (χ4v) is 3.55. The quantitative estimate of drug-likeness (QED) is 0.375. The SMILES string of the molecule is O=C(Nc1ccc2ccccc2c1)c1oc2ccccc2c1COc1ccccc1. The van der Waals surface area contributed by atoms with Crippen molar-refractivity contribution in [1.82, 2.24) is 0 Å². The molecule has 1 heterocycles. The summed E-state index contributed by atoms with van der Waals surface area (Å²) in [5, 5.41) is 6.02. The van der Waals surface area contributed by atoms with Crippen molar-refractivity contribution in [1.29, 1.82) is 0 Å². The van der Waals surface area contributed by atoms with E-state index in [4.69, 9.17) is 9.15 Å². The van der Waals surface area contributed by atoms with Crippen molar-refractivity contribution in [3.05, 3.63) is 108 Å². The molecule has 0 fully saturated rings. The van der Waals surface area contributed by atoms with Crippen LogP contribution in [0.4, 0.5) is 5.69 Å². The molecule has 1 amide bonds. The molecule has 1 aromatic heterocycles. The number of nitrogens with one attached hydrogen (secondary N) is 1. The van der Waals surface area contributed by atoms with Crippen molar-refractivity contribution in [2.24, 2.45) is 0 Å². The third-order valence-corrected chi connectivity index (χ3v) is 5.04. The summed E-state index contributed by atoms with van der Waals surface area (Å²) in [6.07, 6.45) is 0. The Balaban J connectivity index is 1.46. The molecule has 0 bridgehead atoms. The third-order valence-electron chi connectivity index (χ3n) is 5.04. The van der Waals surface area contributed by atoms with Gasteiger partial charge in [-0.15, -0.1) is 0 Å². The number of amides is 1. The van der Waals surface area contributed by atoms with Gasteiger partial charge in [-0.25, -0.2) is 0 Å². The number of hydrogen-bond donors (Lipinski definition) is 1. The Labute approximate surface area is 173 Å². The molecule has 1 N–H and O–H groups in total. The molecule has 0 saturated carbocycles. The number of benzene rings is 4. The molecule has 0 aliphatic carbocycles. The van der Waals surface area contributed by atoms with Gasteiger partial charge in [-0.1, -0.05) is 66.7 Å². The second-order valence-electron chi connectivity index (χ2n) is 7.02. The first-order valence-corrected chi connectivity index (χ1v) is 9.76. The highest BCUT2D eigenvalue weighted by Gasteiger charge is 2.21. The highest BCUT2D eigenvalue weighted by atomic mass is 16.5. The smallest absolute Gasteiger partial charge is 0.291 e. The van der Waals surface area contributed by atoms with Crippen LogP contribution in [0.5, 0.6) is 5.75 Å². The minimum Gasteiger partial charge on any atom is -0.489 e. The maximum Gasteiger partial charge on any atom is 0.291 e. The first-order chi connectivity index (χ1) is 14.8. The summed E-state index contributed by atoms with van der Waals surface area (Å²) in [4.78, 5) is 13.1. The van der Waals surface area contributed by atoms with Crippen LogP contribution in [-0.2, 0) is 6.61 Å². The zero-order valence-corrected chi connectivity index (χ0v) is 16.2. The van der Waals surface area contributed by atoms with Crippen LogP contribution < -0.4 is 10.1 Å². The van der Waals surface area contributed by atoms with Gasteiger partial charge in [0.05, 0.1) is 0 Å². The van der Waals surface area contributed by atoms with Gasteiger partial charge in [0.25, 0.3) is 5.91 Å². The normalized spacial score (nSPS) is 10.9. The van der Waals surface area contributed by atoms with Crippen LogP contribution >= 0.6 is 0 Å². The fourth-order valence-electron chi connectivity index (χ4n) is 3.55. The van der Waals surface area contributed by atoms with E-state index in [1.54, 1.807) is 0 Å². The first kappa shape index (κ1) is 18.0. The Hall–Kier alpha value is -4.05. The number of rotatable bonds is 5. The average molecular weight is 393 g/mol. The summed E-state index contributed by atoms with van der Waals surface area (Å²) in [5.41, 5.74) is 2.11. The maximum atomic E-state index is 13.1. The Kier molecular flexibility index (Phi) is 4.66. The van der Waals surface area contributed by atoms with Crippen molar-refractivity contribution in [3.8, 4) is 5.75 Å². The third kappa shape index (κ3) is 3.51. The van der Waals surface area contributed by atoms with E-state index < -0.39 is 0 Å². The lowest BCUT2D eigenvalue weighted by molar-refractivity contribution is 0.0995. The van der Waals surface area contributed by atoms with E-state index in [1.807, 2.05) is 97.1 Å². The number of carbonyl (C=O) groups is 1. The lowest BCUT2D eigenvalue weighted by Crippen LogP contribution is -2.13. The van der Waals surface area contributed by atoms with Crippen LogP contribution in [0.1, 0.15) is 16.1 Å². The van der Waals surface area contributed by atoms with Crippen molar-refractivity contribution < 1.29 is 13.9 Å². The molecule has 0 aliphatic rings. The van der Waals surface area contributed by atoms with Gasteiger partial charge in [-0.05, 0) is 41.1 Å². The van der Waals surface area contributed by atoms with Crippen LogP contribution in [-0.4, -0.2) is 5.91 Å². The number of para-hydroxylation sites is 2. The molecule has 4 nitrogen and oxygen atoms in total. The molecule has 5 rings (SSSR count). The molecule has 4 heteroatoms. The molecule has 0 saturated heterocycles. The zero-order chi connectivity index (χ0) is 20.3. The van der Waals surface area contributed by atoms with Crippen LogP contribution in [0.15, 0.2) is 101 Å². The molecule has 0 unspecified atom stereocenters. The van der Waals surface area contributed by atoms with Gasteiger partial charge < -0.3 is 14.5 Å². The minimum absolute atomic E-state index is 0.238. The van der Waals surface area contributed by atoms with E-state index in [-0.39, 0.29) is 18.3 Å². The largest absolute Gasteiger partial charge is 0.489 e. The molecule has 5 aromatic rings. The summed E-state index contributed by atoms with van der Waals surface area (Å²) >= 11 is 0. The Morgan fingerprint density at radius 3 is 2.40 bits per heavy atom. The van der Waals surface area contributed by atoms with Crippen LogP contribution in [0.25, 0.3) is 21.7 Å². The Morgan fingerprint density at radius 2 is 1.53 bits per heavy atom. The Bertz CT molecular complexity index is 1340. The van der Waals surface area contributed by atoms with Crippen molar-refractivity contribution in [2.45, 2.75) is 6.61 Å². The molecule has 146 valence electrons. The van der Waals surface area contributed by atoms with E-state index in [2.05, 4.69) is 5.32 Å². The van der Waals surface area contributed by atoms with Crippen molar-refractivity contribution >= 4 is 33.3 Å². The fraction of sp³-hybridized carbons (Fsp3) is 0.0385. The second kappa shape index (κ2) is 7.76. The topological polar surface area (TPSA) is 51.5 Å². The summed E-state index contributed by atoms with van der Waals surface area (Å²) in [6.45, 7) is 0.238. The lowest BCUT2D eigenvalue weighted by Gasteiger charge is -2.08. The number of hydrogen-bond acceptors (Lipinski definition) is 3. The van der Waals surface area contributed by atoms with E-state index in [1.165, 1.54) is 0 Å². The molecular weight excluding hydrogens is 374 g/mol.